The highest BCUT2D eigenvalue weighted by Gasteiger charge is 2.42. The first-order valence-corrected chi connectivity index (χ1v) is 2.44. The van der Waals surface area contributed by atoms with Gasteiger partial charge < -0.3 is 9.90 Å². The van der Waals surface area contributed by atoms with Crippen LogP contribution in [0.5, 0.6) is 0 Å². The highest BCUT2D eigenvalue weighted by Crippen LogP contribution is 2.36. The molecule has 8 heavy (non-hydrogen) atoms. The van der Waals surface area contributed by atoms with Crippen LogP contribution in [0, 0.1) is 11.8 Å². The smallest absolute Gasteiger partial charge is 0.307 e. The number of hydrogen-bond acceptors (Lipinski definition) is 2. The van der Waals surface area contributed by atoms with Crippen molar-refractivity contribution in [1.82, 2.24) is 0 Å². The molecule has 1 aliphatic carbocycles. The van der Waals surface area contributed by atoms with E-state index in [-0.39, 0.29) is 11.8 Å². The molecule has 1 rings (SSSR count). The summed E-state index contributed by atoms with van der Waals surface area (Å²) in [7, 11) is 0. The second-order valence-corrected chi connectivity index (χ2v) is 1.98. The Morgan fingerprint density at radius 3 is 2.50 bits per heavy atom. The van der Waals surface area contributed by atoms with E-state index in [4.69, 9.17) is 5.11 Å². The van der Waals surface area contributed by atoms with E-state index in [0.29, 0.717) is 12.7 Å². The van der Waals surface area contributed by atoms with Gasteiger partial charge in [0.05, 0.1) is 5.92 Å². The highest BCUT2D eigenvalue weighted by atomic mass is 16.4. The normalized spacial score (nSPS) is 34.0. The fourth-order valence-electron chi connectivity index (χ4n) is 0.649. The van der Waals surface area contributed by atoms with Crippen LogP contribution >= 0.6 is 0 Å². The molecule has 2 atom stereocenters. The first-order chi connectivity index (χ1) is 3.75. The molecule has 2 unspecified atom stereocenters. The zero-order valence-electron chi connectivity index (χ0n) is 4.20. The van der Waals surface area contributed by atoms with Gasteiger partial charge in [-0.15, -0.1) is 0 Å². The Bertz CT molecular complexity index is 130. The van der Waals surface area contributed by atoms with Gasteiger partial charge in [0.1, 0.15) is 6.29 Å². The Morgan fingerprint density at radius 2 is 2.38 bits per heavy atom. The third-order valence-electron chi connectivity index (χ3n) is 1.33. The van der Waals surface area contributed by atoms with Crippen LogP contribution < -0.4 is 0 Å². The third kappa shape index (κ3) is 0.710. The lowest BCUT2D eigenvalue weighted by atomic mass is 10.3. The molecular formula is C5H6O3. The summed E-state index contributed by atoms with van der Waals surface area (Å²) >= 11 is 0. The molecule has 0 radical (unpaired) electrons. The molecule has 0 aliphatic heterocycles. The number of aliphatic carboxylic acids is 1. The van der Waals surface area contributed by atoms with E-state index >= 15 is 0 Å². The van der Waals surface area contributed by atoms with Crippen molar-refractivity contribution in [1.29, 1.82) is 0 Å². The van der Waals surface area contributed by atoms with Gasteiger partial charge in [-0.05, 0) is 6.42 Å². The molecule has 0 heterocycles. The molecule has 1 fully saturated rings. The second kappa shape index (κ2) is 1.58. The molecule has 0 aromatic heterocycles. The Labute approximate surface area is 46.3 Å². The van der Waals surface area contributed by atoms with E-state index in [1.165, 1.54) is 0 Å². The molecule has 0 aromatic rings. The summed E-state index contributed by atoms with van der Waals surface area (Å²) in [6.07, 6.45) is 1.25. The van der Waals surface area contributed by atoms with Gasteiger partial charge in [-0.2, -0.15) is 0 Å². The first-order valence-electron chi connectivity index (χ1n) is 2.44. The van der Waals surface area contributed by atoms with Crippen LogP contribution in [0.4, 0.5) is 0 Å². The summed E-state index contributed by atoms with van der Waals surface area (Å²) in [5.74, 6) is -1.40. The minimum absolute atomic E-state index is 0.188. The summed E-state index contributed by atoms with van der Waals surface area (Å²) in [5, 5.41) is 8.20. The highest BCUT2D eigenvalue weighted by molar-refractivity contribution is 5.80. The number of carbonyl (C=O) groups excluding carboxylic acids is 1. The van der Waals surface area contributed by atoms with Crippen LogP contribution in [-0.2, 0) is 9.59 Å². The average Bonchev–Trinajstić information content (AvgIpc) is 2.42. The van der Waals surface area contributed by atoms with E-state index in [2.05, 4.69) is 0 Å². The summed E-state index contributed by atoms with van der Waals surface area (Å²) < 4.78 is 0. The van der Waals surface area contributed by atoms with E-state index in [1.807, 2.05) is 0 Å². The van der Waals surface area contributed by atoms with Gasteiger partial charge in [0.25, 0.3) is 0 Å². The van der Waals surface area contributed by atoms with Crippen molar-refractivity contribution in [3.8, 4) is 0 Å². The van der Waals surface area contributed by atoms with Crippen LogP contribution in [0.1, 0.15) is 6.42 Å². The SMILES string of the molecule is O=CC1CC1C(=O)O. The van der Waals surface area contributed by atoms with Crippen molar-refractivity contribution in [3.63, 3.8) is 0 Å². The zero-order valence-corrected chi connectivity index (χ0v) is 4.20. The molecule has 1 aliphatic rings. The van der Waals surface area contributed by atoms with Gasteiger partial charge in [0, 0.05) is 5.92 Å². The van der Waals surface area contributed by atoms with E-state index in [1.54, 1.807) is 0 Å². The van der Waals surface area contributed by atoms with Crippen molar-refractivity contribution >= 4 is 12.3 Å². The summed E-state index contributed by atoms with van der Waals surface area (Å²) in [4.78, 5) is 19.8. The summed E-state index contributed by atoms with van der Waals surface area (Å²) in [6, 6.07) is 0. The molecule has 0 amide bonds. The maximum Gasteiger partial charge on any atom is 0.307 e. The van der Waals surface area contributed by atoms with Crippen molar-refractivity contribution < 1.29 is 14.7 Å². The Balaban J connectivity index is 2.36. The van der Waals surface area contributed by atoms with Crippen LogP contribution in [0.3, 0.4) is 0 Å². The fourth-order valence-corrected chi connectivity index (χ4v) is 0.649. The summed E-state index contributed by atoms with van der Waals surface area (Å²) in [5.41, 5.74) is 0. The monoisotopic (exact) mass is 114 g/mol. The van der Waals surface area contributed by atoms with E-state index < -0.39 is 5.97 Å². The topological polar surface area (TPSA) is 54.4 Å². The van der Waals surface area contributed by atoms with Crippen LogP contribution in [0.2, 0.25) is 0 Å². The Hall–Kier alpha value is -0.860. The number of carbonyl (C=O) groups is 2. The minimum atomic E-state index is -0.845. The van der Waals surface area contributed by atoms with Gasteiger partial charge in [0.2, 0.25) is 0 Å². The predicted molar refractivity (Wildman–Crippen MR) is 25.3 cm³/mol. The molecule has 3 nitrogen and oxygen atoms in total. The van der Waals surface area contributed by atoms with Crippen LogP contribution in [0.25, 0.3) is 0 Å². The van der Waals surface area contributed by atoms with E-state index in [0.717, 1.165) is 0 Å². The maximum absolute atomic E-state index is 9.97. The van der Waals surface area contributed by atoms with E-state index in [9.17, 15) is 9.59 Å². The maximum atomic E-state index is 9.97. The lowest BCUT2D eigenvalue weighted by molar-refractivity contribution is -0.139. The van der Waals surface area contributed by atoms with Gasteiger partial charge in [-0.1, -0.05) is 0 Å². The minimum Gasteiger partial charge on any atom is -0.481 e. The van der Waals surface area contributed by atoms with Crippen molar-refractivity contribution in [3.05, 3.63) is 0 Å². The molecular weight excluding hydrogens is 108 g/mol. The molecule has 0 aromatic carbocycles. The number of carboxylic acid groups (broad SMARTS) is 1. The lowest BCUT2D eigenvalue weighted by Gasteiger charge is -1.79. The molecule has 0 bridgehead atoms. The predicted octanol–water partition coefficient (Wildman–Crippen LogP) is -0.0940. The molecule has 0 spiro atoms. The Kier molecular flexibility index (Phi) is 1.04. The standard InChI is InChI=1S/C5H6O3/c6-2-3-1-4(3)5(7)8/h2-4H,1H2,(H,7,8). The van der Waals surface area contributed by atoms with Crippen molar-refractivity contribution in [2.24, 2.45) is 11.8 Å². The molecule has 1 saturated carbocycles. The van der Waals surface area contributed by atoms with Crippen molar-refractivity contribution in [2.75, 3.05) is 0 Å². The number of rotatable bonds is 2. The van der Waals surface area contributed by atoms with Gasteiger partial charge in [-0.3, -0.25) is 4.79 Å². The number of hydrogen-bond donors (Lipinski definition) is 1. The van der Waals surface area contributed by atoms with Crippen LogP contribution in [0.15, 0.2) is 0 Å². The van der Waals surface area contributed by atoms with Gasteiger partial charge in [0.15, 0.2) is 0 Å². The zero-order chi connectivity index (χ0) is 6.15. The third-order valence-corrected chi connectivity index (χ3v) is 1.33. The second-order valence-electron chi connectivity index (χ2n) is 1.98. The first kappa shape index (κ1) is 5.28. The quantitative estimate of drug-likeness (QED) is 0.510. The largest absolute Gasteiger partial charge is 0.481 e. The van der Waals surface area contributed by atoms with Crippen molar-refractivity contribution in [2.45, 2.75) is 6.42 Å². The van der Waals surface area contributed by atoms with Gasteiger partial charge >= 0.3 is 5.97 Å². The average molecular weight is 114 g/mol. The molecule has 1 N–H and O–H groups in total. The molecule has 3 heteroatoms. The van der Waals surface area contributed by atoms with Crippen LogP contribution in [-0.4, -0.2) is 17.4 Å². The molecule has 44 valence electrons. The number of carboxylic acids is 1. The fraction of sp³-hybridized carbons (Fsp3) is 0.600. The van der Waals surface area contributed by atoms with Gasteiger partial charge in [-0.25, -0.2) is 0 Å². The number of aldehydes is 1. The summed E-state index contributed by atoms with van der Waals surface area (Å²) in [6.45, 7) is 0. The lowest BCUT2D eigenvalue weighted by Crippen LogP contribution is -1.99. The molecule has 0 saturated heterocycles. The Morgan fingerprint density at radius 1 is 1.75 bits per heavy atom.